The number of carbonyl (C=O) groups excluding carboxylic acids is 2. The number of amides is 2. The monoisotopic (exact) mass is 721 g/mol. The van der Waals surface area contributed by atoms with Crippen LogP contribution < -0.4 is 14.8 Å². The van der Waals surface area contributed by atoms with Crippen molar-refractivity contribution in [1.82, 2.24) is 19.4 Å². The van der Waals surface area contributed by atoms with E-state index in [-0.39, 0.29) is 30.0 Å². The number of rotatable bonds is 9. The van der Waals surface area contributed by atoms with Gasteiger partial charge in [-0.25, -0.2) is 4.98 Å². The molecule has 1 aliphatic rings. The molecule has 1 N–H and O–H groups in total. The molecule has 0 atom stereocenters. The minimum atomic E-state index is -4.38. The number of hydrogen-bond acceptors (Lipinski definition) is 6. The van der Waals surface area contributed by atoms with Gasteiger partial charge in [-0.15, -0.1) is 12.4 Å². The van der Waals surface area contributed by atoms with Gasteiger partial charge in [0.25, 0.3) is 11.8 Å². The van der Waals surface area contributed by atoms with Crippen LogP contribution in [0.2, 0.25) is 0 Å². The lowest BCUT2D eigenvalue weighted by atomic mass is 9.99. The molecule has 5 aromatic rings. The molecule has 51 heavy (non-hydrogen) atoms. The number of benzene rings is 3. The van der Waals surface area contributed by atoms with Crippen LogP contribution in [0.25, 0.3) is 10.9 Å². The number of fused-ring (bicyclic) bond motifs is 1. The number of carbonyl (C=O) groups is 2. The van der Waals surface area contributed by atoms with E-state index in [2.05, 4.69) is 15.2 Å². The second kappa shape index (κ2) is 15.4. The van der Waals surface area contributed by atoms with Crippen LogP contribution in [0.1, 0.15) is 43.1 Å². The van der Waals surface area contributed by atoms with Crippen LogP contribution in [-0.4, -0.2) is 70.1 Å². The first-order valence-corrected chi connectivity index (χ1v) is 16.3. The maximum absolute atomic E-state index is 13.6. The van der Waals surface area contributed by atoms with E-state index in [9.17, 15) is 22.8 Å². The zero-order valence-electron chi connectivity index (χ0n) is 28.7. The minimum Gasteiger partial charge on any atom is -0.484 e. The number of ether oxygens (including phenoxy) is 2. The summed E-state index contributed by atoms with van der Waals surface area (Å²) in [4.78, 5) is 34.9. The number of aromatic nitrogens is 2. The van der Waals surface area contributed by atoms with Gasteiger partial charge < -0.3 is 24.3 Å². The van der Waals surface area contributed by atoms with Crippen LogP contribution in [0.5, 0.6) is 17.4 Å². The van der Waals surface area contributed by atoms with Crippen molar-refractivity contribution in [1.29, 1.82) is 0 Å². The molecule has 2 amide bonds. The van der Waals surface area contributed by atoms with Crippen LogP contribution >= 0.6 is 12.4 Å². The van der Waals surface area contributed by atoms with Crippen LogP contribution in [0, 0.1) is 20.8 Å². The van der Waals surface area contributed by atoms with Gasteiger partial charge in [0.15, 0.2) is 6.61 Å². The highest BCUT2D eigenvalue weighted by Gasteiger charge is 2.28. The molecule has 13 heteroatoms. The zero-order valence-corrected chi connectivity index (χ0v) is 29.5. The van der Waals surface area contributed by atoms with Crippen molar-refractivity contribution in [2.24, 2.45) is 7.05 Å². The summed E-state index contributed by atoms with van der Waals surface area (Å²) in [5, 5.41) is 3.81. The molecular formula is C38H39ClF3N5O4. The van der Waals surface area contributed by atoms with Gasteiger partial charge in [-0.1, -0.05) is 29.8 Å². The summed E-state index contributed by atoms with van der Waals surface area (Å²) in [6, 6.07) is 21.5. The summed E-state index contributed by atoms with van der Waals surface area (Å²) in [5.41, 5.74) is 6.49. The van der Waals surface area contributed by atoms with E-state index in [0.29, 0.717) is 61.3 Å². The SMILES string of the molecule is Cc1cc(C)c(C(=O)Nc2ccc(Oc3ccc4cc(C(=O)N5CCN(Cc6ccc(OCC(F)(F)F)cc6)CC5)n(C)c4c3)nc2)c(C)c1.Cl. The molecular weight excluding hydrogens is 683 g/mol. The number of aryl methyl sites for hydroxylation is 4. The average molecular weight is 722 g/mol. The van der Waals surface area contributed by atoms with Crippen molar-refractivity contribution in [2.75, 3.05) is 38.1 Å². The van der Waals surface area contributed by atoms with Gasteiger partial charge in [-0.05, 0) is 73.9 Å². The predicted octanol–water partition coefficient (Wildman–Crippen LogP) is 7.86. The molecule has 3 heterocycles. The quantitative estimate of drug-likeness (QED) is 0.167. The molecule has 0 unspecified atom stereocenters. The second-order valence-electron chi connectivity index (χ2n) is 12.6. The summed E-state index contributed by atoms with van der Waals surface area (Å²) >= 11 is 0. The number of hydrogen-bond donors (Lipinski definition) is 1. The van der Waals surface area contributed by atoms with Gasteiger partial charge in [0.1, 0.15) is 17.2 Å². The van der Waals surface area contributed by atoms with Crippen LogP contribution in [0.3, 0.4) is 0 Å². The average Bonchev–Trinajstić information content (AvgIpc) is 3.40. The molecule has 0 saturated carbocycles. The smallest absolute Gasteiger partial charge is 0.422 e. The van der Waals surface area contributed by atoms with Gasteiger partial charge in [0.05, 0.1) is 17.4 Å². The molecule has 0 bridgehead atoms. The Morgan fingerprint density at radius 2 is 1.53 bits per heavy atom. The van der Waals surface area contributed by atoms with E-state index in [1.54, 1.807) is 42.6 Å². The van der Waals surface area contributed by atoms with Crippen molar-refractivity contribution < 1.29 is 32.2 Å². The highest BCUT2D eigenvalue weighted by molar-refractivity contribution is 6.06. The molecule has 6 rings (SSSR count). The molecule has 1 saturated heterocycles. The lowest BCUT2D eigenvalue weighted by molar-refractivity contribution is -0.153. The maximum Gasteiger partial charge on any atom is 0.422 e. The fraction of sp³-hybridized carbons (Fsp3) is 0.289. The molecule has 1 aliphatic heterocycles. The number of alkyl halides is 3. The topological polar surface area (TPSA) is 88.9 Å². The molecule has 3 aromatic carbocycles. The second-order valence-corrected chi connectivity index (χ2v) is 12.6. The Bertz CT molecular complexity index is 2000. The minimum absolute atomic E-state index is 0. The summed E-state index contributed by atoms with van der Waals surface area (Å²) in [7, 11) is 1.85. The van der Waals surface area contributed by atoms with Gasteiger partial charge in [-0.2, -0.15) is 13.2 Å². The van der Waals surface area contributed by atoms with Crippen LogP contribution in [-0.2, 0) is 13.6 Å². The van der Waals surface area contributed by atoms with E-state index in [1.165, 1.54) is 0 Å². The highest BCUT2D eigenvalue weighted by atomic mass is 35.5. The van der Waals surface area contributed by atoms with Gasteiger partial charge in [0.2, 0.25) is 5.88 Å². The Morgan fingerprint density at radius 3 is 2.16 bits per heavy atom. The molecule has 0 aliphatic carbocycles. The number of nitrogens with one attached hydrogen (secondary N) is 1. The summed E-state index contributed by atoms with van der Waals surface area (Å²) < 4.78 is 49.9. The Labute approximate surface area is 300 Å². The maximum atomic E-state index is 13.6. The first-order chi connectivity index (χ1) is 23.8. The van der Waals surface area contributed by atoms with Crippen LogP contribution in [0.4, 0.5) is 18.9 Å². The first-order valence-electron chi connectivity index (χ1n) is 16.3. The lowest BCUT2D eigenvalue weighted by Gasteiger charge is -2.34. The van der Waals surface area contributed by atoms with Crippen molar-refractivity contribution in [3.05, 3.63) is 113 Å². The van der Waals surface area contributed by atoms with Gasteiger partial charge in [-0.3, -0.25) is 14.5 Å². The number of halogens is 4. The van der Waals surface area contributed by atoms with Crippen molar-refractivity contribution in [3.63, 3.8) is 0 Å². The lowest BCUT2D eigenvalue weighted by Crippen LogP contribution is -2.48. The normalized spacial score (nSPS) is 13.5. The van der Waals surface area contributed by atoms with Crippen molar-refractivity contribution in [3.8, 4) is 17.4 Å². The third-order valence-corrected chi connectivity index (χ3v) is 8.75. The summed E-state index contributed by atoms with van der Waals surface area (Å²) in [6.07, 6.45) is -2.83. The zero-order chi connectivity index (χ0) is 35.6. The van der Waals surface area contributed by atoms with E-state index in [1.807, 2.05) is 73.7 Å². The third kappa shape index (κ3) is 9.00. The predicted molar refractivity (Wildman–Crippen MR) is 192 cm³/mol. The molecule has 1 fully saturated rings. The van der Waals surface area contributed by atoms with Crippen LogP contribution in [0.15, 0.2) is 79.0 Å². The Kier molecular flexibility index (Phi) is 11.3. The first kappa shape index (κ1) is 37.2. The Morgan fingerprint density at radius 1 is 0.863 bits per heavy atom. The number of piperazine rings is 1. The van der Waals surface area contributed by atoms with E-state index in [0.717, 1.165) is 33.2 Å². The Hall–Kier alpha value is -5.07. The molecule has 9 nitrogen and oxygen atoms in total. The molecule has 0 spiro atoms. The fourth-order valence-electron chi connectivity index (χ4n) is 6.33. The molecule has 0 radical (unpaired) electrons. The molecule has 2 aromatic heterocycles. The van der Waals surface area contributed by atoms with E-state index < -0.39 is 12.8 Å². The summed E-state index contributed by atoms with van der Waals surface area (Å²) in [6.45, 7) is 7.59. The Balaban J connectivity index is 0.00000504. The van der Waals surface area contributed by atoms with Crippen molar-refractivity contribution >= 4 is 40.8 Å². The van der Waals surface area contributed by atoms with Crippen molar-refractivity contribution in [2.45, 2.75) is 33.5 Å². The van der Waals surface area contributed by atoms with Gasteiger partial charge >= 0.3 is 6.18 Å². The largest absolute Gasteiger partial charge is 0.484 e. The number of anilines is 1. The fourth-order valence-corrected chi connectivity index (χ4v) is 6.33. The molecule has 268 valence electrons. The number of nitrogens with zero attached hydrogens (tertiary/aromatic N) is 4. The highest BCUT2D eigenvalue weighted by Crippen LogP contribution is 2.28. The third-order valence-electron chi connectivity index (χ3n) is 8.75. The van der Waals surface area contributed by atoms with E-state index >= 15 is 0 Å². The van der Waals surface area contributed by atoms with E-state index in [4.69, 9.17) is 9.47 Å². The number of pyridine rings is 1. The van der Waals surface area contributed by atoms with Gasteiger partial charge in [0, 0.05) is 62.9 Å². The standard InChI is InChI=1S/C38H38F3N5O4.ClH/c1-24-17-25(2)35(26(3)18-24)36(47)43-29-8-12-34(42-21-29)50-31-11-7-28-19-33(44(4)32(28)20-31)37(48)46-15-13-45(14-16-46)22-27-5-9-30(10-6-27)49-23-38(39,40)41;/h5-12,17-21H,13-16,22-23H2,1-4H3,(H,43,47);1H. The summed E-state index contributed by atoms with van der Waals surface area (Å²) in [5.74, 6) is 0.835.